The highest BCUT2D eigenvalue weighted by Crippen LogP contribution is 2.10. The molecule has 1 aromatic rings. The Morgan fingerprint density at radius 3 is 2.32 bits per heavy atom. The van der Waals surface area contributed by atoms with Crippen LogP contribution in [0.2, 0.25) is 0 Å². The van der Waals surface area contributed by atoms with Gasteiger partial charge in [0.25, 0.3) is 0 Å². The smallest absolute Gasteiger partial charge is 0.306 e. The van der Waals surface area contributed by atoms with Crippen molar-refractivity contribution in [1.82, 2.24) is 0 Å². The lowest BCUT2D eigenvalue weighted by molar-refractivity contribution is -0.150. The molecule has 0 amide bonds. The fourth-order valence-electron chi connectivity index (χ4n) is 3.00. The van der Waals surface area contributed by atoms with Gasteiger partial charge >= 0.3 is 5.97 Å². The van der Waals surface area contributed by atoms with Crippen LogP contribution in [0.5, 0.6) is 0 Å². The van der Waals surface area contributed by atoms with Gasteiger partial charge in [-0.2, -0.15) is 0 Å². The molecule has 0 aliphatic rings. The number of aliphatic hydroxyl groups excluding tert-OH is 1. The normalized spacial score (nSPS) is 15.5. The minimum atomic E-state index is -0.578. The first kappa shape index (κ1) is 20.8. The predicted molar refractivity (Wildman–Crippen MR) is 131 cm³/mol. The lowest BCUT2D eigenvalue weighted by Crippen LogP contribution is -2.29. The number of allylic oxidation sites excluding steroid dienone is 4. The van der Waals surface area contributed by atoms with Crippen LogP contribution in [-0.2, 0) is 9.53 Å². The number of anilines is 1. The van der Waals surface area contributed by atoms with Crippen LogP contribution in [0.1, 0.15) is 89.5 Å². The van der Waals surface area contributed by atoms with Gasteiger partial charge in [0, 0.05) is 12.1 Å². The molecule has 31 heavy (non-hydrogen) atoms. The van der Waals surface area contributed by atoms with Crippen LogP contribution < -0.4 is 5.32 Å². The number of carbonyl (C=O) groups excluding carboxylic acids is 1. The molecule has 1 rings (SSSR count). The Morgan fingerprint density at radius 1 is 1.00 bits per heavy atom. The molecule has 0 bridgehead atoms. The van der Waals surface area contributed by atoms with E-state index < -0.39 is 6.10 Å². The third-order valence-electron chi connectivity index (χ3n) is 4.82. The third kappa shape index (κ3) is 16.3. The van der Waals surface area contributed by atoms with Crippen molar-refractivity contribution in [1.29, 1.82) is 0 Å². The van der Waals surface area contributed by atoms with Crippen LogP contribution in [0.15, 0.2) is 54.5 Å². The highest BCUT2D eigenvalue weighted by molar-refractivity contribution is 5.69. The van der Waals surface area contributed by atoms with Gasteiger partial charge in [-0.3, -0.25) is 4.79 Å². The average molecular weight is 450 g/mol. The maximum atomic E-state index is 12.0. The van der Waals surface area contributed by atoms with E-state index in [2.05, 4.69) is 12.2 Å². The summed E-state index contributed by atoms with van der Waals surface area (Å²) in [6.45, 7) is 2.22. The van der Waals surface area contributed by atoms with Crippen LogP contribution >= 0.6 is 0 Å². The van der Waals surface area contributed by atoms with Gasteiger partial charge < -0.3 is 15.2 Å². The number of rotatable bonds is 19. The summed E-state index contributed by atoms with van der Waals surface area (Å²) in [5.74, 6) is -0.308. The molecule has 0 heterocycles. The number of hydrogen-bond donors (Lipinski definition) is 2. The molecule has 0 spiro atoms. The molecule has 174 valence electrons. The van der Waals surface area contributed by atoms with Gasteiger partial charge in [-0.25, -0.2) is 0 Å². The summed E-state index contributed by atoms with van der Waals surface area (Å²) >= 11 is 0. The summed E-state index contributed by atoms with van der Waals surface area (Å²) < 4.78 is 37.4. The molecule has 0 radical (unpaired) electrons. The zero-order valence-electron chi connectivity index (χ0n) is 23.1. The third-order valence-corrected chi connectivity index (χ3v) is 4.82. The van der Waals surface area contributed by atoms with Crippen LogP contribution in [0, 0.1) is 0 Å². The van der Waals surface area contributed by atoms with Gasteiger partial charge in [0.1, 0.15) is 6.10 Å². The summed E-state index contributed by atoms with van der Waals surface area (Å²) in [5.41, 5.74) is 0.908. The van der Waals surface area contributed by atoms with Crippen molar-refractivity contribution in [2.24, 2.45) is 0 Å². The molecule has 0 aliphatic carbocycles. The number of benzene rings is 1. The van der Waals surface area contributed by atoms with Gasteiger partial charge in [0.2, 0.25) is 0 Å². The van der Waals surface area contributed by atoms with Crippen molar-refractivity contribution < 1.29 is 20.1 Å². The Balaban J connectivity index is 2.18. The Kier molecular flexibility index (Phi) is 13.3. The van der Waals surface area contributed by atoms with Gasteiger partial charge in [0.05, 0.1) is 18.6 Å². The molecule has 4 nitrogen and oxygen atoms in total. The number of hydrogen-bond acceptors (Lipinski definition) is 4. The second-order valence-electron chi connectivity index (χ2n) is 7.65. The fourth-order valence-corrected chi connectivity index (χ4v) is 3.00. The Hall–Kier alpha value is -2.07. The van der Waals surface area contributed by atoms with E-state index in [0.717, 1.165) is 50.6 Å². The zero-order chi connectivity index (χ0) is 25.9. The largest absolute Gasteiger partial charge is 0.458 e. The molecular weight excluding hydrogens is 398 g/mol. The van der Waals surface area contributed by atoms with Crippen molar-refractivity contribution >= 4 is 11.7 Å². The number of esters is 1. The molecule has 0 aromatic heterocycles. The lowest BCUT2D eigenvalue weighted by Gasteiger charge is -2.17. The second-order valence-corrected chi connectivity index (χ2v) is 7.65. The Morgan fingerprint density at radius 2 is 1.65 bits per heavy atom. The van der Waals surface area contributed by atoms with Crippen LogP contribution in [0.25, 0.3) is 0 Å². The first-order valence-corrected chi connectivity index (χ1v) is 11.8. The maximum absolute atomic E-state index is 12.0. The molecular formula is C27H43NO3. The number of ether oxygens (including phenoxy) is 1. The highest BCUT2D eigenvalue weighted by Gasteiger charge is 2.13. The predicted octanol–water partition coefficient (Wildman–Crippen LogP) is 6.82. The average Bonchev–Trinajstić information content (AvgIpc) is 2.86. The van der Waals surface area contributed by atoms with Crippen LogP contribution in [0.4, 0.5) is 5.69 Å². The summed E-state index contributed by atoms with van der Waals surface area (Å²) in [6.07, 6.45) is 8.14. The SMILES string of the molecule is [3H]/C(CCCCC)=C(\[3H])C/C([3H])=C(/[3H])CCCCCCCC(=O)OC(CO)CN[14c]1[14cH][14cH][14cH][14cH][14cH]1. The van der Waals surface area contributed by atoms with E-state index in [1.54, 1.807) is 0 Å². The second kappa shape index (κ2) is 19.9. The van der Waals surface area contributed by atoms with E-state index in [-0.39, 0.29) is 43.2 Å². The number of carbonyl (C=O) groups is 1. The lowest BCUT2D eigenvalue weighted by atomic mass is 10.1. The summed E-state index contributed by atoms with van der Waals surface area (Å²) in [4.78, 5) is 12.0. The maximum Gasteiger partial charge on any atom is 0.306 e. The standard InChI is InChI=1S/C27H43NO3/c1-2-3-4-5-6-7-8-9-10-11-12-13-14-15-19-22-27(30)31-26(24-29)23-28-25-20-17-16-18-21-25/h6-7,9-10,16-18,20-21,26,28-29H,2-5,8,11-15,19,22-24H2,1H3/b7-6-,10-9-/i6T,7T,9T,10T,16+2,17+2,18+2,20+2,21+2,25+2. The van der Waals surface area contributed by atoms with E-state index in [0.29, 0.717) is 32.2 Å². The Bertz CT molecular complexity index is 784. The van der Waals surface area contributed by atoms with Crippen molar-refractivity contribution in [3.05, 3.63) is 54.5 Å². The number of para-hydroxylation sites is 1. The minimum Gasteiger partial charge on any atom is -0.458 e. The van der Waals surface area contributed by atoms with Gasteiger partial charge in [0.15, 0.2) is 0 Å². The molecule has 1 unspecified atom stereocenters. The number of aliphatic hydroxyl groups is 1. The van der Waals surface area contributed by atoms with Crippen molar-refractivity contribution in [2.45, 2.75) is 90.1 Å². The first-order chi connectivity index (χ1) is 16.9. The first-order valence-electron chi connectivity index (χ1n) is 13.8. The summed E-state index contributed by atoms with van der Waals surface area (Å²) in [5, 5.41) is 12.6. The van der Waals surface area contributed by atoms with Crippen LogP contribution in [0.3, 0.4) is 0 Å². The Labute approximate surface area is 195 Å². The van der Waals surface area contributed by atoms with E-state index in [1.807, 2.05) is 30.3 Å². The molecule has 0 aliphatic heterocycles. The van der Waals surface area contributed by atoms with E-state index in [4.69, 9.17) is 10.2 Å². The summed E-state index contributed by atoms with van der Waals surface area (Å²) in [6, 6.07) is 10.4. The van der Waals surface area contributed by atoms with Gasteiger partial charge in [-0.05, 0) is 50.7 Å². The topological polar surface area (TPSA) is 58.6 Å². The molecule has 0 fully saturated rings. The van der Waals surface area contributed by atoms with Gasteiger partial charge in [-0.1, -0.05) is 81.4 Å². The zero-order valence-corrected chi connectivity index (χ0v) is 19.1. The van der Waals surface area contributed by atoms with Crippen LogP contribution in [-0.4, -0.2) is 30.3 Å². The monoisotopic (exact) mass is 449 g/mol. The highest BCUT2D eigenvalue weighted by atomic mass is 16.6. The van der Waals surface area contributed by atoms with E-state index in [9.17, 15) is 9.90 Å². The number of nitrogens with one attached hydrogen (secondary N) is 1. The molecule has 0 saturated heterocycles. The van der Waals surface area contributed by atoms with Gasteiger partial charge in [-0.15, -0.1) is 0 Å². The van der Waals surface area contributed by atoms with E-state index >= 15 is 0 Å². The summed E-state index contributed by atoms with van der Waals surface area (Å²) in [7, 11) is 0. The number of unbranched alkanes of at least 4 members (excludes halogenated alkanes) is 6. The molecule has 1 aromatic carbocycles. The molecule has 2 N–H and O–H groups in total. The van der Waals surface area contributed by atoms with Crippen molar-refractivity contribution in [3.8, 4) is 0 Å². The van der Waals surface area contributed by atoms with E-state index in [1.165, 1.54) is 0 Å². The van der Waals surface area contributed by atoms with Crippen molar-refractivity contribution in [2.75, 3.05) is 18.5 Å². The minimum absolute atomic E-state index is 0.0710. The molecule has 1 atom stereocenters. The fraction of sp³-hybridized carbons (Fsp3) is 0.593. The molecule has 4 heteroatoms. The quantitative estimate of drug-likeness (QED) is 0.138. The molecule has 0 saturated carbocycles. The van der Waals surface area contributed by atoms with Crippen molar-refractivity contribution in [3.63, 3.8) is 0 Å².